The molecule has 0 bridgehead atoms. The number of benzene rings is 3. The number of aryl methyl sites for hydroxylation is 1. The van der Waals surface area contributed by atoms with Crippen LogP contribution in [0.5, 0.6) is 5.75 Å². The summed E-state index contributed by atoms with van der Waals surface area (Å²) in [7, 11) is 0. The quantitative estimate of drug-likeness (QED) is 0.475. The summed E-state index contributed by atoms with van der Waals surface area (Å²) in [5.41, 5.74) is 4.22. The molecule has 0 spiro atoms. The summed E-state index contributed by atoms with van der Waals surface area (Å²) in [6.45, 7) is 3.07. The van der Waals surface area contributed by atoms with Crippen molar-refractivity contribution in [3.8, 4) is 11.4 Å². The van der Waals surface area contributed by atoms with E-state index in [9.17, 15) is 4.79 Å². The van der Waals surface area contributed by atoms with Crippen LogP contribution in [0.15, 0.2) is 77.6 Å². The zero-order chi connectivity index (χ0) is 21.9. The van der Waals surface area contributed by atoms with Crippen molar-refractivity contribution in [1.29, 1.82) is 0 Å². The minimum Gasteiger partial charge on any atom is -0.494 e. The Morgan fingerprint density at radius 1 is 1.03 bits per heavy atom. The maximum atomic E-state index is 13.5. The molecular formula is C27H27N3O2. The van der Waals surface area contributed by atoms with Crippen molar-refractivity contribution >= 4 is 10.9 Å². The van der Waals surface area contributed by atoms with Gasteiger partial charge >= 0.3 is 0 Å². The van der Waals surface area contributed by atoms with Crippen LogP contribution in [-0.2, 0) is 13.0 Å². The van der Waals surface area contributed by atoms with Crippen molar-refractivity contribution < 1.29 is 4.74 Å². The average molecular weight is 426 g/mol. The molecule has 4 aromatic rings. The van der Waals surface area contributed by atoms with Gasteiger partial charge in [0.25, 0.3) is 5.56 Å². The van der Waals surface area contributed by atoms with Crippen molar-refractivity contribution in [2.45, 2.75) is 38.8 Å². The Morgan fingerprint density at radius 2 is 1.81 bits per heavy atom. The van der Waals surface area contributed by atoms with Crippen molar-refractivity contribution in [3.63, 3.8) is 0 Å². The molecule has 0 saturated heterocycles. The van der Waals surface area contributed by atoms with Gasteiger partial charge in [-0.05, 0) is 73.7 Å². The van der Waals surface area contributed by atoms with Crippen LogP contribution in [0.25, 0.3) is 16.6 Å². The van der Waals surface area contributed by atoms with Gasteiger partial charge in [0.15, 0.2) is 0 Å². The van der Waals surface area contributed by atoms with Crippen LogP contribution >= 0.6 is 0 Å². The summed E-state index contributed by atoms with van der Waals surface area (Å²) in [6, 6.07) is 24.1. The number of aromatic nitrogens is 2. The van der Waals surface area contributed by atoms with Gasteiger partial charge in [0.1, 0.15) is 11.6 Å². The third-order valence-electron chi connectivity index (χ3n) is 6.13. The van der Waals surface area contributed by atoms with Gasteiger partial charge in [-0.15, -0.1) is 0 Å². The second kappa shape index (κ2) is 8.97. The summed E-state index contributed by atoms with van der Waals surface area (Å²) < 4.78 is 7.29. The number of hydrogen-bond donors (Lipinski definition) is 1. The van der Waals surface area contributed by atoms with Gasteiger partial charge in [-0.1, -0.05) is 36.4 Å². The number of ether oxygens (including phenoxy) is 1. The Hall–Kier alpha value is -3.44. The first-order valence-corrected chi connectivity index (χ1v) is 11.3. The second-order valence-corrected chi connectivity index (χ2v) is 8.14. The second-order valence-electron chi connectivity index (χ2n) is 8.14. The molecule has 1 N–H and O–H groups in total. The highest BCUT2D eigenvalue weighted by Gasteiger charge is 2.20. The highest BCUT2D eigenvalue weighted by atomic mass is 16.5. The van der Waals surface area contributed by atoms with E-state index in [0.717, 1.165) is 36.2 Å². The van der Waals surface area contributed by atoms with E-state index in [0.29, 0.717) is 24.4 Å². The van der Waals surface area contributed by atoms with Gasteiger partial charge in [-0.2, -0.15) is 0 Å². The predicted octanol–water partition coefficient (Wildman–Crippen LogP) is 4.95. The lowest BCUT2D eigenvalue weighted by Gasteiger charge is -2.27. The number of hydrogen-bond acceptors (Lipinski definition) is 4. The van der Waals surface area contributed by atoms with E-state index in [1.54, 1.807) is 4.57 Å². The Labute approximate surface area is 187 Å². The zero-order valence-corrected chi connectivity index (χ0v) is 18.3. The van der Waals surface area contributed by atoms with Crippen molar-refractivity contribution in [2.24, 2.45) is 0 Å². The van der Waals surface area contributed by atoms with Crippen LogP contribution in [0.2, 0.25) is 0 Å². The molecule has 5 nitrogen and oxygen atoms in total. The molecule has 0 amide bonds. The summed E-state index contributed by atoms with van der Waals surface area (Å²) in [5.74, 6) is 1.50. The molecule has 1 aliphatic rings. The third-order valence-corrected chi connectivity index (χ3v) is 6.13. The maximum Gasteiger partial charge on any atom is 0.266 e. The lowest BCUT2D eigenvalue weighted by atomic mass is 9.88. The summed E-state index contributed by atoms with van der Waals surface area (Å²) in [4.78, 5) is 18.4. The van der Waals surface area contributed by atoms with Crippen LogP contribution < -0.4 is 15.6 Å². The van der Waals surface area contributed by atoms with Gasteiger partial charge in [-0.3, -0.25) is 9.36 Å². The summed E-state index contributed by atoms with van der Waals surface area (Å²) in [6.07, 6.45) is 3.36. The standard InChI is InChI=1S/C27H27N3O2/c1-2-32-21-16-14-20(15-17-21)30-26(29-25-12-6-5-11-23(25)27(30)31)18-28-24-13-7-9-19-8-3-4-10-22(19)24/h3-6,8,10-12,14-17,24,28H,2,7,9,13,18H2,1H3. The number of nitrogens with zero attached hydrogens (tertiary/aromatic N) is 2. The van der Waals surface area contributed by atoms with Crippen molar-refractivity contribution in [1.82, 2.24) is 14.9 Å². The molecule has 1 heterocycles. The maximum absolute atomic E-state index is 13.5. The van der Waals surface area contributed by atoms with E-state index in [1.807, 2.05) is 55.5 Å². The Kier molecular flexibility index (Phi) is 5.73. The van der Waals surface area contributed by atoms with Gasteiger partial charge in [0, 0.05) is 6.04 Å². The van der Waals surface area contributed by atoms with E-state index < -0.39 is 0 Å². The van der Waals surface area contributed by atoms with E-state index in [-0.39, 0.29) is 11.6 Å². The van der Waals surface area contributed by atoms with Crippen molar-refractivity contribution in [3.05, 3.63) is 100 Å². The lowest BCUT2D eigenvalue weighted by Crippen LogP contribution is -2.30. The predicted molar refractivity (Wildman–Crippen MR) is 127 cm³/mol. The molecule has 1 aromatic heterocycles. The number of para-hydroxylation sites is 1. The minimum absolute atomic E-state index is 0.0550. The van der Waals surface area contributed by atoms with Crippen LogP contribution in [0.3, 0.4) is 0 Å². The van der Waals surface area contributed by atoms with Gasteiger partial charge in [-0.25, -0.2) is 4.98 Å². The first kappa shape index (κ1) is 20.5. The number of nitrogens with one attached hydrogen (secondary N) is 1. The molecule has 5 rings (SSSR count). The smallest absolute Gasteiger partial charge is 0.266 e. The monoisotopic (exact) mass is 425 g/mol. The van der Waals surface area contributed by atoms with Gasteiger partial charge < -0.3 is 10.1 Å². The Morgan fingerprint density at radius 3 is 2.66 bits per heavy atom. The molecule has 162 valence electrons. The molecule has 5 heteroatoms. The van der Waals surface area contributed by atoms with Crippen LogP contribution in [0.4, 0.5) is 0 Å². The zero-order valence-electron chi connectivity index (χ0n) is 18.3. The Bertz CT molecular complexity index is 1290. The number of fused-ring (bicyclic) bond motifs is 2. The van der Waals surface area contributed by atoms with E-state index in [1.165, 1.54) is 11.1 Å². The molecule has 0 aliphatic heterocycles. The highest BCUT2D eigenvalue weighted by molar-refractivity contribution is 5.77. The molecule has 3 aromatic carbocycles. The lowest BCUT2D eigenvalue weighted by molar-refractivity contribution is 0.340. The normalized spacial score (nSPS) is 15.5. The molecule has 32 heavy (non-hydrogen) atoms. The molecular weight excluding hydrogens is 398 g/mol. The molecule has 1 atom stereocenters. The molecule has 1 unspecified atom stereocenters. The molecule has 1 aliphatic carbocycles. The first-order valence-electron chi connectivity index (χ1n) is 11.3. The van der Waals surface area contributed by atoms with Gasteiger partial charge in [0.2, 0.25) is 0 Å². The van der Waals surface area contributed by atoms with Crippen LogP contribution in [-0.4, -0.2) is 16.2 Å². The van der Waals surface area contributed by atoms with Crippen LogP contribution in [0, 0.1) is 0 Å². The Balaban J connectivity index is 1.53. The molecule has 0 fully saturated rings. The van der Waals surface area contributed by atoms with Crippen LogP contribution in [0.1, 0.15) is 42.8 Å². The number of rotatable bonds is 6. The van der Waals surface area contributed by atoms with Crippen molar-refractivity contribution in [2.75, 3.05) is 6.61 Å². The van der Waals surface area contributed by atoms with E-state index in [4.69, 9.17) is 9.72 Å². The fourth-order valence-corrected chi connectivity index (χ4v) is 4.60. The fraction of sp³-hybridized carbons (Fsp3) is 0.259. The minimum atomic E-state index is -0.0550. The third kappa shape index (κ3) is 3.92. The highest BCUT2D eigenvalue weighted by Crippen LogP contribution is 2.29. The first-order chi connectivity index (χ1) is 15.7. The van der Waals surface area contributed by atoms with Gasteiger partial charge in [0.05, 0.1) is 29.7 Å². The topological polar surface area (TPSA) is 56.1 Å². The summed E-state index contributed by atoms with van der Waals surface area (Å²) >= 11 is 0. The van der Waals surface area contributed by atoms with E-state index >= 15 is 0 Å². The molecule has 0 saturated carbocycles. The molecule has 0 radical (unpaired) electrons. The SMILES string of the molecule is CCOc1ccc(-n2c(CNC3CCCc4ccccc43)nc3ccccc3c2=O)cc1. The van der Waals surface area contributed by atoms with E-state index in [2.05, 4.69) is 29.6 Å². The largest absolute Gasteiger partial charge is 0.494 e. The fourth-order valence-electron chi connectivity index (χ4n) is 4.60. The summed E-state index contributed by atoms with van der Waals surface area (Å²) in [5, 5.41) is 4.30. The average Bonchev–Trinajstić information content (AvgIpc) is 2.84.